The monoisotopic (exact) mass is 353 g/mol. The lowest BCUT2D eigenvalue weighted by molar-refractivity contribution is -0.145. The van der Waals surface area contributed by atoms with E-state index in [4.69, 9.17) is 21.4 Å². The van der Waals surface area contributed by atoms with Crippen LogP contribution in [-0.2, 0) is 9.59 Å². The zero-order valence-electron chi connectivity index (χ0n) is 13.9. The van der Waals surface area contributed by atoms with Gasteiger partial charge in [-0.15, -0.1) is 0 Å². The van der Waals surface area contributed by atoms with Crippen LogP contribution in [0.5, 0.6) is 5.75 Å². The molecule has 24 heavy (non-hydrogen) atoms. The molecule has 1 amide bonds. The molecule has 0 atom stereocenters. The van der Waals surface area contributed by atoms with Gasteiger partial charge in [-0.05, 0) is 56.4 Å². The third kappa shape index (κ3) is 5.41. The largest absolute Gasteiger partial charge is 0.494 e. The Labute approximate surface area is 147 Å². The van der Waals surface area contributed by atoms with E-state index in [0.29, 0.717) is 43.9 Å². The second-order valence-corrected chi connectivity index (χ2v) is 6.74. The van der Waals surface area contributed by atoms with E-state index in [0.717, 1.165) is 12.2 Å². The summed E-state index contributed by atoms with van der Waals surface area (Å²) in [4.78, 5) is 25.1. The number of carbonyl (C=O) groups excluding carboxylic acids is 1. The SMILES string of the molecule is CN(CCCOc1ccc(Cl)cc1)C(=O)C1CCC(C(=O)O)CC1. The number of carboxylic acid groups (broad SMARTS) is 1. The van der Waals surface area contributed by atoms with Crippen LogP contribution < -0.4 is 4.74 Å². The average molecular weight is 354 g/mol. The summed E-state index contributed by atoms with van der Waals surface area (Å²) in [5.74, 6) is -0.186. The summed E-state index contributed by atoms with van der Waals surface area (Å²) >= 11 is 5.82. The number of hydrogen-bond donors (Lipinski definition) is 1. The summed E-state index contributed by atoms with van der Waals surface area (Å²) < 4.78 is 5.62. The summed E-state index contributed by atoms with van der Waals surface area (Å²) in [7, 11) is 1.80. The fraction of sp³-hybridized carbons (Fsp3) is 0.556. The van der Waals surface area contributed by atoms with Crippen molar-refractivity contribution in [1.29, 1.82) is 0 Å². The Hall–Kier alpha value is -1.75. The molecule has 5 nitrogen and oxygen atoms in total. The lowest BCUT2D eigenvalue weighted by atomic mass is 9.81. The Morgan fingerprint density at radius 2 is 1.75 bits per heavy atom. The van der Waals surface area contributed by atoms with Crippen LogP contribution in [-0.4, -0.2) is 42.1 Å². The van der Waals surface area contributed by atoms with Crippen LogP contribution in [0.1, 0.15) is 32.1 Å². The predicted octanol–water partition coefficient (Wildman–Crippen LogP) is 3.46. The molecule has 0 aliphatic heterocycles. The maximum absolute atomic E-state index is 12.4. The van der Waals surface area contributed by atoms with Crippen LogP contribution in [0.2, 0.25) is 5.02 Å². The van der Waals surface area contributed by atoms with Gasteiger partial charge in [0.1, 0.15) is 5.75 Å². The molecule has 6 heteroatoms. The van der Waals surface area contributed by atoms with Crippen LogP contribution in [0.4, 0.5) is 0 Å². The van der Waals surface area contributed by atoms with Gasteiger partial charge in [0.15, 0.2) is 0 Å². The van der Waals surface area contributed by atoms with Crippen LogP contribution in [0.15, 0.2) is 24.3 Å². The van der Waals surface area contributed by atoms with Crippen LogP contribution in [0, 0.1) is 11.8 Å². The molecule has 2 rings (SSSR count). The zero-order valence-corrected chi connectivity index (χ0v) is 14.7. The number of rotatable bonds is 7. The minimum Gasteiger partial charge on any atom is -0.494 e. The first-order valence-electron chi connectivity index (χ1n) is 8.33. The Bertz CT molecular complexity index is 553. The van der Waals surface area contributed by atoms with Crippen molar-refractivity contribution in [2.45, 2.75) is 32.1 Å². The molecule has 0 bridgehead atoms. The molecule has 1 aromatic rings. The van der Waals surface area contributed by atoms with E-state index in [-0.39, 0.29) is 17.7 Å². The second kappa shape index (κ2) is 8.92. The van der Waals surface area contributed by atoms with E-state index in [1.54, 1.807) is 24.1 Å². The predicted molar refractivity (Wildman–Crippen MR) is 92.3 cm³/mol. The highest BCUT2D eigenvalue weighted by Crippen LogP contribution is 2.30. The summed E-state index contributed by atoms with van der Waals surface area (Å²) in [6.45, 7) is 1.16. The van der Waals surface area contributed by atoms with Crippen molar-refractivity contribution in [1.82, 2.24) is 4.90 Å². The van der Waals surface area contributed by atoms with Gasteiger partial charge < -0.3 is 14.7 Å². The van der Waals surface area contributed by atoms with Gasteiger partial charge in [-0.25, -0.2) is 0 Å². The van der Waals surface area contributed by atoms with Gasteiger partial charge in [-0.1, -0.05) is 11.6 Å². The van der Waals surface area contributed by atoms with E-state index < -0.39 is 5.97 Å². The third-order valence-electron chi connectivity index (χ3n) is 4.52. The lowest BCUT2D eigenvalue weighted by Crippen LogP contribution is -2.36. The maximum Gasteiger partial charge on any atom is 0.306 e. The molecule has 1 aromatic carbocycles. The van der Waals surface area contributed by atoms with E-state index >= 15 is 0 Å². The molecule has 0 aromatic heterocycles. The molecular weight excluding hydrogens is 330 g/mol. The Kier molecular flexibility index (Phi) is 6.91. The second-order valence-electron chi connectivity index (χ2n) is 6.30. The molecule has 0 spiro atoms. The Morgan fingerprint density at radius 1 is 1.17 bits per heavy atom. The maximum atomic E-state index is 12.4. The highest BCUT2D eigenvalue weighted by Gasteiger charge is 2.30. The van der Waals surface area contributed by atoms with Crippen molar-refractivity contribution >= 4 is 23.5 Å². The van der Waals surface area contributed by atoms with E-state index in [9.17, 15) is 9.59 Å². The number of ether oxygens (including phenoxy) is 1. The highest BCUT2D eigenvalue weighted by molar-refractivity contribution is 6.30. The van der Waals surface area contributed by atoms with Crippen molar-refractivity contribution in [3.63, 3.8) is 0 Å². The van der Waals surface area contributed by atoms with Gasteiger partial charge in [0.05, 0.1) is 12.5 Å². The number of benzene rings is 1. The quantitative estimate of drug-likeness (QED) is 0.762. The van der Waals surface area contributed by atoms with Crippen molar-refractivity contribution in [2.24, 2.45) is 11.8 Å². The minimum absolute atomic E-state index is 0.0391. The summed E-state index contributed by atoms with van der Waals surface area (Å²) in [6, 6.07) is 7.19. The van der Waals surface area contributed by atoms with Gasteiger partial charge in [0, 0.05) is 24.5 Å². The van der Waals surface area contributed by atoms with Gasteiger partial charge >= 0.3 is 5.97 Å². The van der Waals surface area contributed by atoms with E-state index in [1.165, 1.54) is 0 Å². The number of halogens is 1. The molecule has 1 saturated carbocycles. The van der Waals surface area contributed by atoms with E-state index in [2.05, 4.69) is 0 Å². The van der Waals surface area contributed by atoms with Crippen LogP contribution in [0.3, 0.4) is 0 Å². The number of hydrogen-bond acceptors (Lipinski definition) is 3. The average Bonchev–Trinajstić information content (AvgIpc) is 2.59. The molecule has 0 heterocycles. The first kappa shape index (κ1) is 18.6. The number of aliphatic carboxylic acids is 1. The van der Waals surface area contributed by atoms with Gasteiger partial charge in [0.25, 0.3) is 0 Å². The molecule has 0 radical (unpaired) electrons. The molecule has 0 unspecified atom stereocenters. The topological polar surface area (TPSA) is 66.8 Å². The van der Waals surface area contributed by atoms with E-state index in [1.807, 2.05) is 12.1 Å². The number of carboxylic acids is 1. The molecule has 1 aliphatic rings. The Morgan fingerprint density at radius 3 is 2.33 bits per heavy atom. The zero-order chi connectivity index (χ0) is 17.5. The minimum atomic E-state index is -0.742. The van der Waals surface area contributed by atoms with Gasteiger partial charge in [-0.3, -0.25) is 9.59 Å². The standard InChI is InChI=1S/C18H24ClNO4/c1-20(11-2-12-24-16-9-7-15(19)8-10-16)17(21)13-3-5-14(6-4-13)18(22)23/h7-10,13-14H,2-6,11-12H2,1H3,(H,22,23). The first-order valence-corrected chi connectivity index (χ1v) is 8.71. The summed E-state index contributed by atoms with van der Waals surface area (Å²) in [5.41, 5.74) is 0. The molecule has 1 N–H and O–H groups in total. The highest BCUT2D eigenvalue weighted by atomic mass is 35.5. The summed E-state index contributed by atoms with van der Waals surface area (Å²) in [5, 5.41) is 9.68. The summed E-state index contributed by atoms with van der Waals surface area (Å²) in [6.07, 6.45) is 3.27. The number of carbonyl (C=O) groups is 2. The molecule has 1 aliphatic carbocycles. The Balaban J connectivity index is 1.66. The van der Waals surface area contributed by atoms with Gasteiger partial charge in [0.2, 0.25) is 5.91 Å². The van der Waals surface area contributed by atoms with Crippen molar-refractivity contribution in [3.05, 3.63) is 29.3 Å². The molecule has 132 valence electrons. The molecule has 0 saturated heterocycles. The van der Waals surface area contributed by atoms with Crippen LogP contribution in [0.25, 0.3) is 0 Å². The van der Waals surface area contributed by atoms with Gasteiger partial charge in [-0.2, -0.15) is 0 Å². The fourth-order valence-corrected chi connectivity index (χ4v) is 3.16. The lowest BCUT2D eigenvalue weighted by Gasteiger charge is -2.29. The third-order valence-corrected chi connectivity index (χ3v) is 4.77. The van der Waals surface area contributed by atoms with Crippen LogP contribution >= 0.6 is 11.6 Å². The number of nitrogens with zero attached hydrogens (tertiary/aromatic N) is 1. The first-order chi connectivity index (χ1) is 11.5. The number of amides is 1. The fourth-order valence-electron chi connectivity index (χ4n) is 3.03. The van der Waals surface area contributed by atoms with Crippen molar-refractivity contribution < 1.29 is 19.4 Å². The van der Waals surface area contributed by atoms with Crippen molar-refractivity contribution in [3.8, 4) is 5.75 Å². The normalized spacial score (nSPS) is 20.4. The molecule has 1 fully saturated rings. The van der Waals surface area contributed by atoms with Crippen molar-refractivity contribution in [2.75, 3.05) is 20.2 Å². The smallest absolute Gasteiger partial charge is 0.306 e. The molecular formula is C18H24ClNO4.